The summed E-state index contributed by atoms with van der Waals surface area (Å²) in [4.78, 5) is 26.0. The molecule has 108 valence electrons. The van der Waals surface area contributed by atoms with Crippen molar-refractivity contribution in [2.75, 3.05) is 5.32 Å². The van der Waals surface area contributed by atoms with Crippen LogP contribution in [0.5, 0.6) is 0 Å². The maximum Gasteiger partial charge on any atom is 0.319 e. The van der Waals surface area contributed by atoms with E-state index < -0.39 is 16.5 Å². The highest BCUT2D eigenvalue weighted by molar-refractivity contribution is 14.1. The summed E-state index contributed by atoms with van der Waals surface area (Å²) in [7, 11) is 0. The fourth-order valence-electron chi connectivity index (χ4n) is 1.57. The van der Waals surface area contributed by atoms with Crippen LogP contribution in [0.3, 0.4) is 0 Å². The molecule has 1 amide bonds. The summed E-state index contributed by atoms with van der Waals surface area (Å²) < 4.78 is 0.897. The molecule has 0 radical (unpaired) electrons. The molecule has 2 rings (SSSR count). The van der Waals surface area contributed by atoms with E-state index in [0.717, 1.165) is 3.57 Å². The van der Waals surface area contributed by atoms with Crippen molar-refractivity contribution in [2.24, 2.45) is 0 Å². The lowest BCUT2D eigenvalue weighted by Crippen LogP contribution is -2.14. The van der Waals surface area contributed by atoms with E-state index in [-0.39, 0.29) is 10.7 Å². The number of anilines is 1. The number of carbonyl (C=O) groups excluding carboxylic acids is 1. The molecule has 0 saturated carbocycles. The first-order valence-corrected chi connectivity index (χ1v) is 7.29. The highest BCUT2D eigenvalue weighted by Gasteiger charge is 2.25. The van der Waals surface area contributed by atoms with Gasteiger partial charge >= 0.3 is 5.69 Å². The van der Waals surface area contributed by atoms with E-state index in [1.807, 2.05) is 0 Å². The van der Waals surface area contributed by atoms with Crippen LogP contribution in [0.15, 0.2) is 30.5 Å². The van der Waals surface area contributed by atoms with Crippen molar-refractivity contribution >= 4 is 63.1 Å². The fourth-order valence-corrected chi connectivity index (χ4v) is 2.70. The maximum atomic E-state index is 12.2. The number of benzene rings is 1. The first-order valence-electron chi connectivity index (χ1n) is 5.45. The summed E-state index contributed by atoms with van der Waals surface area (Å²) in [6, 6.07) is 6.23. The topological polar surface area (TPSA) is 85.1 Å². The van der Waals surface area contributed by atoms with Crippen molar-refractivity contribution in [3.05, 3.63) is 59.9 Å². The third-order valence-corrected chi connectivity index (χ3v) is 3.75. The van der Waals surface area contributed by atoms with Crippen LogP contribution >= 0.6 is 45.8 Å². The number of halogens is 3. The first kappa shape index (κ1) is 15.9. The predicted molar refractivity (Wildman–Crippen MR) is 88.0 cm³/mol. The zero-order valence-electron chi connectivity index (χ0n) is 10.1. The molecule has 1 N–H and O–H groups in total. The van der Waals surface area contributed by atoms with Crippen molar-refractivity contribution in [3.63, 3.8) is 0 Å². The normalized spacial score (nSPS) is 10.2. The number of nitrogens with one attached hydrogen (secondary N) is 1. The Morgan fingerprint density at radius 3 is 2.67 bits per heavy atom. The number of aromatic nitrogens is 1. The summed E-state index contributed by atoms with van der Waals surface area (Å²) >= 11 is 13.7. The number of nitro groups is 1. The zero-order valence-corrected chi connectivity index (χ0v) is 13.8. The number of hydrogen-bond donors (Lipinski definition) is 1. The predicted octanol–water partition coefficient (Wildman–Crippen LogP) is 4.15. The second-order valence-corrected chi connectivity index (χ2v) is 5.84. The van der Waals surface area contributed by atoms with Gasteiger partial charge in [0.05, 0.1) is 15.6 Å². The van der Waals surface area contributed by atoms with E-state index in [1.54, 1.807) is 18.2 Å². The first-order chi connectivity index (χ1) is 9.90. The number of rotatable bonds is 3. The van der Waals surface area contributed by atoms with Crippen LogP contribution < -0.4 is 5.32 Å². The molecule has 0 bridgehead atoms. The summed E-state index contributed by atoms with van der Waals surface area (Å²) in [5.41, 5.74) is -0.378. The van der Waals surface area contributed by atoms with Gasteiger partial charge in [0.25, 0.3) is 5.91 Å². The Morgan fingerprint density at radius 2 is 2.05 bits per heavy atom. The summed E-state index contributed by atoms with van der Waals surface area (Å²) in [5.74, 6) is -0.686. The van der Waals surface area contributed by atoms with Gasteiger partial charge in [-0.25, -0.2) is 4.98 Å². The van der Waals surface area contributed by atoms with Gasteiger partial charge in [0.2, 0.25) is 5.15 Å². The number of hydrogen-bond acceptors (Lipinski definition) is 4. The molecular formula is C12H6Cl2IN3O3. The summed E-state index contributed by atoms with van der Waals surface area (Å²) in [6.07, 6.45) is 1.22. The molecule has 0 spiro atoms. The Hall–Kier alpha value is -1.45. The summed E-state index contributed by atoms with van der Waals surface area (Å²) in [6.45, 7) is 0. The van der Waals surface area contributed by atoms with Gasteiger partial charge in [-0.2, -0.15) is 0 Å². The molecule has 0 fully saturated rings. The number of carbonyl (C=O) groups is 1. The minimum absolute atomic E-state index is 0.186. The number of pyridine rings is 1. The highest BCUT2D eigenvalue weighted by Crippen LogP contribution is 2.28. The standard InChI is InChI=1S/C12H6Cl2IN3O3/c13-8-5-6(15)1-2-9(8)17-12(19)7-3-4-16-11(14)10(7)18(20)21/h1-5H,(H,17,19). The molecule has 6 nitrogen and oxygen atoms in total. The average molecular weight is 438 g/mol. The highest BCUT2D eigenvalue weighted by atomic mass is 127. The molecule has 21 heavy (non-hydrogen) atoms. The Balaban J connectivity index is 2.37. The van der Waals surface area contributed by atoms with E-state index >= 15 is 0 Å². The number of amides is 1. The van der Waals surface area contributed by atoms with Gasteiger partial charge in [0.1, 0.15) is 5.56 Å². The van der Waals surface area contributed by atoms with Crippen LogP contribution in [-0.4, -0.2) is 15.8 Å². The largest absolute Gasteiger partial charge is 0.320 e. The lowest BCUT2D eigenvalue weighted by atomic mass is 10.2. The van der Waals surface area contributed by atoms with Crippen LogP contribution in [0.2, 0.25) is 10.2 Å². The minimum Gasteiger partial charge on any atom is -0.320 e. The maximum absolute atomic E-state index is 12.2. The van der Waals surface area contributed by atoms with Gasteiger partial charge < -0.3 is 5.32 Å². The molecule has 0 unspecified atom stereocenters. The van der Waals surface area contributed by atoms with Gasteiger partial charge in [-0.1, -0.05) is 23.2 Å². The van der Waals surface area contributed by atoms with Gasteiger partial charge in [0.15, 0.2) is 0 Å². The van der Waals surface area contributed by atoms with Crippen molar-refractivity contribution in [3.8, 4) is 0 Å². The van der Waals surface area contributed by atoms with E-state index in [2.05, 4.69) is 32.9 Å². The molecule has 0 aliphatic rings. The van der Waals surface area contributed by atoms with Crippen molar-refractivity contribution in [2.45, 2.75) is 0 Å². The quantitative estimate of drug-likeness (QED) is 0.338. The lowest BCUT2D eigenvalue weighted by molar-refractivity contribution is -0.385. The third-order valence-electron chi connectivity index (χ3n) is 2.49. The van der Waals surface area contributed by atoms with Gasteiger partial charge in [-0.15, -0.1) is 0 Å². The monoisotopic (exact) mass is 437 g/mol. The van der Waals surface area contributed by atoms with Crippen molar-refractivity contribution in [1.29, 1.82) is 0 Å². The van der Waals surface area contributed by atoms with E-state index in [4.69, 9.17) is 23.2 Å². The van der Waals surface area contributed by atoms with Crippen LogP contribution in [0.4, 0.5) is 11.4 Å². The fraction of sp³-hybridized carbons (Fsp3) is 0. The molecule has 0 aliphatic carbocycles. The molecule has 0 saturated heterocycles. The SMILES string of the molecule is O=C(Nc1ccc(I)cc1Cl)c1ccnc(Cl)c1[N+](=O)[O-]. The second kappa shape index (κ2) is 6.54. The van der Waals surface area contributed by atoms with Crippen LogP contribution in [0.25, 0.3) is 0 Å². The van der Waals surface area contributed by atoms with Gasteiger partial charge in [0, 0.05) is 9.77 Å². The molecule has 0 atom stereocenters. The van der Waals surface area contributed by atoms with Crippen LogP contribution in [0, 0.1) is 13.7 Å². The van der Waals surface area contributed by atoms with Crippen LogP contribution in [-0.2, 0) is 0 Å². The Labute approximate surface area is 142 Å². The van der Waals surface area contributed by atoms with Crippen molar-refractivity contribution < 1.29 is 9.72 Å². The molecule has 1 aromatic carbocycles. The smallest absolute Gasteiger partial charge is 0.319 e. The third kappa shape index (κ3) is 3.60. The average Bonchev–Trinajstić information content (AvgIpc) is 2.41. The minimum atomic E-state index is -0.750. The van der Waals surface area contributed by atoms with Gasteiger partial charge in [-0.3, -0.25) is 14.9 Å². The van der Waals surface area contributed by atoms with E-state index in [1.165, 1.54) is 12.3 Å². The second-order valence-electron chi connectivity index (χ2n) is 3.83. The van der Waals surface area contributed by atoms with E-state index in [0.29, 0.717) is 10.7 Å². The van der Waals surface area contributed by atoms with E-state index in [9.17, 15) is 14.9 Å². The van der Waals surface area contributed by atoms with Crippen LogP contribution in [0.1, 0.15) is 10.4 Å². The Morgan fingerprint density at radius 1 is 1.33 bits per heavy atom. The Kier molecular flexibility index (Phi) is 4.96. The molecule has 1 heterocycles. The lowest BCUT2D eigenvalue weighted by Gasteiger charge is -2.08. The Bertz CT molecular complexity index is 740. The molecule has 2 aromatic rings. The molecular weight excluding hydrogens is 432 g/mol. The van der Waals surface area contributed by atoms with Gasteiger partial charge in [-0.05, 0) is 46.9 Å². The summed E-state index contributed by atoms with van der Waals surface area (Å²) in [5, 5.41) is 13.5. The molecule has 0 aliphatic heterocycles. The number of nitrogens with zero attached hydrogens (tertiary/aromatic N) is 2. The molecule has 1 aromatic heterocycles. The van der Waals surface area contributed by atoms with Crippen molar-refractivity contribution in [1.82, 2.24) is 4.98 Å². The molecule has 9 heteroatoms. The zero-order chi connectivity index (χ0) is 15.6.